The van der Waals surface area contributed by atoms with Crippen molar-refractivity contribution < 1.29 is 19.1 Å². The number of esters is 2. The Bertz CT molecular complexity index is 1030. The Morgan fingerprint density at radius 2 is 1.26 bits per heavy atom. The third-order valence-corrected chi connectivity index (χ3v) is 4.80. The molecule has 0 unspecified atom stereocenters. The summed E-state index contributed by atoms with van der Waals surface area (Å²) in [5, 5.41) is 0. The molecule has 0 N–H and O–H groups in total. The van der Waals surface area contributed by atoms with Gasteiger partial charge in [-0.2, -0.15) is 0 Å². The van der Waals surface area contributed by atoms with Crippen LogP contribution in [0.5, 0.6) is 0 Å². The molecule has 1 atom stereocenters. The molecule has 156 valence electrons. The fourth-order valence-electron chi connectivity index (χ4n) is 3.01. The average molecular weight is 412 g/mol. The molecule has 0 bridgehead atoms. The molecule has 31 heavy (non-hydrogen) atoms. The van der Waals surface area contributed by atoms with Gasteiger partial charge in [-0.3, -0.25) is 0 Å². The van der Waals surface area contributed by atoms with Gasteiger partial charge < -0.3 is 9.47 Å². The second-order valence-electron chi connectivity index (χ2n) is 6.88. The summed E-state index contributed by atoms with van der Waals surface area (Å²) < 4.78 is 11.2. The highest BCUT2D eigenvalue weighted by atomic mass is 16.6. The van der Waals surface area contributed by atoms with Gasteiger partial charge in [0.25, 0.3) is 0 Å². The Balaban J connectivity index is 1.64. The van der Waals surface area contributed by atoms with Gasteiger partial charge in [0.15, 0.2) is 0 Å². The molecule has 4 nitrogen and oxygen atoms in total. The number of rotatable bonds is 9. The van der Waals surface area contributed by atoms with E-state index < -0.39 is 18.0 Å². The zero-order chi connectivity index (χ0) is 22.1. The van der Waals surface area contributed by atoms with Crippen LogP contribution in [0, 0.1) is 0 Å². The molecule has 0 saturated heterocycles. The van der Waals surface area contributed by atoms with Gasteiger partial charge in [-0.1, -0.05) is 79.9 Å². The lowest BCUT2D eigenvalue weighted by Gasteiger charge is -2.18. The van der Waals surface area contributed by atoms with Crippen molar-refractivity contribution in [3.05, 3.63) is 120 Å². The van der Waals surface area contributed by atoms with E-state index in [-0.39, 0.29) is 6.61 Å². The Morgan fingerprint density at radius 1 is 0.742 bits per heavy atom. The van der Waals surface area contributed by atoms with Crippen molar-refractivity contribution in [2.24, 2.45) is 0 Å². The molecule has 0 fully saturated rings. The van der Waals surface area contributed by atoms with E-state index in [0.717, 1.165) is 16.7 Å². The predicted molar refractivity (Wildman–Crippen MR) is 123 cm³/mol. The van der Waals surface area contributed by atoms with Crippen LogP contribution in [-0.4, -0.2) is 18.5 Å². The maximum atomic E-state index is 12.6. The van der Waals surface area contributed by atoms with Crippen molar-refractivity contribution in [1.82, 2.24) is 0 Å². The number of hydrogen-bond donors (Lipinski definition) is 0. The Kier molecular flexibility index (Phi) is 7.55. The summed E-state index contributed by atoms with van der Waals surface area (Å²) >= 11 is 0. The topological polar surface area (TPSA) is 52.6 Å². The summed E-state index contributed by atoms with van der Waals surface area (Å²) in [6.07, 6.45) is 3.22. The van der Waals surface area contributed by atoms with Crippen LogP contribution in [0.4, 0.5) is 0 Å². The predicted octanol–water partition coefficient (Wildman–Crippen LogP) is 6.12. The molecular weight excluding hydrogens is 388 g/mol. The Labute approximate surface area is 182 Å². The summed E-state index contributed by atoms with van der Waals surface area (Å²) in [6.45, 7) is 7.52. The highest BCUT2D eigenvalue weighted by Crippen LogP contribution is 2.23. The summed E-state index contributed by atoms with van der Waals surface area (Å²) in [7, 11) is 0. The van der Waals surface area contributed by atoms with Crippen LogP contribution in [0.1, 0.15) is 49.9 Å². The van der Waals surface area contributed by atoms with Gasteiger partial charge in [-0.25, -0.2) is 9.59 Å². The monoisotopic (exact) mass is 412 g/mol. The van der Waals surface area contributed by atoms with Gasteiger partial charge in [0.05, 0.1) is 17.7 Å². The Hall–Kier alpha value is -3.92. The van der Waals surface area contributed by atoms with Gasteiger partial charge in [-0.15, -0.1) is 0 Å². The second kappa shape index (κ2) is 10.7. The first-order valence-electron chi connectivity index (χ1n) is 9.99. The highest BCUT2D eigenvalue weighted by Gasteiger charge is 2.19. The van der Waals surface area contributed by atoms with E-state index in [1.54, 1.807) is 60.7 Å². The summed E-state index contributed by atoms with van der Waals surface area (Å²) in [5.74, 6) is -0.857. The Morgan fingerprint density at radius 3 is 1.77 bits per heavy atom. The molecule has 4 heteroatoms. The van der Waals surface area contributed by atoms with E-state index in [0.29, 0.717) is 17.5 Å². The summed E-state index contributed by atoms with van der Waals surface area (Å²) in [4.78, 5) is 24.9. The van der Waals surface area contributed by atoms with Crippen molar-refractivity contribution in [2.45, 2.75) is 12.5 Å². The fraction of sp³-hybridized carbons (Fsp3) is 0.111. The molecule has 0 amide bonds. The van der Waals surface area contributed by atoms with Crippen LogP contribution >= 0.6 is 0 Å². The lowest BCUT2D eigenvalue weighted by molar-refractivity contribution is 0.0179. The van der Waals surface area contributed by atoms with E-state index in [9.17, 15) is 9.59 Å². The normalized spacial score (nSPS) is 11.2. The molecule has 3 aromatic carbocycles. The zero-order valence-electron chi connectivity index (χ0n) is 17.2. The fourth-order valence-corrected chi connectivity index (χ4v) is 3.01. The van der Waals surface area contributed by atoms with Crippen molar-refractivity contribution >= 4 is 24.1 Å². The van der Waals surface area contributed by atoms with Crippen LogP contribution in [0.2, 0.25) is 0 Å². The van der Waals surface area contributed by atoms with Crippen LogP contribution in [0.25, 0.3) is 12.2 Å². The van der Waals surface area contributed by atoms with Crippen LogP contribution in [-0.2, 0) is 9.47 Å². The summed E-state index contributed by atoms with van der Waals surface area (Å²) in [5.41, 5.74) is 3.59. The van der Waals surface area contributed by atoms with E-state index in [4.69, 9.17) is 9.47 Å². The van der Waals surface area contributed by atoms with Crippen LogP contribution in [0.3, 0.4) is 0 Å². The molecule has 0 aliphatic carbocycles. The first-order chi connectivity index (χ1) is 15.1. The minimum Gasteiger partial charge on any atom is -0.462 e. The molecule has 0 radical (unpaired) electrons. The van der Waals surface area contributed by atoms with E-state index in [1.807, 2.05) is 30.3 Å². The van der Waals surface area contributed by atoms with Gasteiger partial charge in [0, 0.05) is 6.42 Å². The van der Waals surface area contributed by atoms with E-state index >= 15 is 0 Å². The SMILES string of the molecule is C=Cc1ccc(C(=O)OCC[C@@H](OC(=O)c2ccc(C=C)cc2)c2ccccc2)cc1. The minimum atomic E-state index is -0.538. The molecule has 3 aromatic rings. The number of ether oxygens (including phenoxy) is 2. The molecule has 0 spiro atoms. The van der Waals surface area contributed by atoms with Gasteiger partial charge >= 0.3 is 11.9 Å². The third-order valence-electron chi connectivity index (χ3n) is 4.80. The largest absolute Gasteiger partial charge is 0.462 e. The van der Waals surface area contributed by atoms with Crippen molar-refractivity contribution in [3.63, 3.8) is 0 Å². The second-order valence-corrected chi connectivity index (χ2v) is 6.88. The summed E-state index contributed by atoms with van der Waals surface area (Å²) in [6, 6.07) is 23.4. The van der Waals surface area contributed by atoms with Gasteiger partial charge in [0.2, 0.25) is 0 Å². The maximum absolute atomic E-state index is 12.6. The number of carbonyl (C=O) groups excluding carboxylic acids is 2. The molecule has 0 aliphatic heterocycles. The van der Waals surface area contributed by atoms with Gasteiger partial charge in [-0.05, 0) is 41.0 Å². The van der Waals surface area contributed by atoms with E-state index in [1.165, 1.54) is 0 Å². The lowest BCUT2D eigenvalue weighted by Crippen LogP contribution is -2.15. The maximum Gasteiger partial charge on any atom is 0.338 e. The molecule has 3 rings (SSSR count). The first-order valence-corrected chi connectivity index (χ1v) is 9.99. The molecule has 0 aromatic heterocycles. The third kappa shape index (κ3) is 6.03. The average Bonchev–Trinajstić information content (AvgIpc) is 2.83. The van der Waals surface area contributed by atoms with Crippen LogP contribution < -0.4 is 0 Å². The lowest BCUT2D eigenvalue weighted by atomic mass is 10.1. The number of benzene rings is 3. The van der Waals surface area contributed by atoms with Crippen molar-refractivity contribution in [1.29, 1.82) is 0 Å². The smallest absolute Gasteiger partial charge is 0.338 e. The van der Waals surface area contributed by atoms with Crippen LogP contribution in [0.15, 0.2) is 92.0 Å². The molecular formula is C27H24O4. The number of hydrogen-bond acceptors (Lipinski definition) is 4. The molecule has 0 aliphatic rings. The number of carbonyl (C=O) groups is 2. The molecule has 0 saturated carbocycles. The minimum absolute atomic E-state index is 0.115. The van der Waals surface area contributed by atoms with E-state index in [2.05, 4.69) is 13.2 Å². The standard InChI is InChI=1S/C27H24O4/c1-3-20-10-14-23(15-11-20)26(28)30-19-18-25(22-8-6-5-7-9-22)31-27(29)24-16-12-21(4-2)13-17-24/h3-17,25H,1-2,18-19H2/t25-/m1/s1. The quantitative estimate of drug-likeness (QED) is 0.398. The van der Waals surface area contributed by atoms with Crippen molar-refractivity contribution in [2.75, 3.05) is 6.61 Å². The first kappa shape index (κ1) is 21.8. The molecule has 0 heterocycles. The highest BCUT2D eigenvalue weighted by molar-refractivity contribution is 5.90. The van der Waals surface area contributed by atoms with Gasteiger partial charge in [0.1, 0.15) is 6.10 Å². The van der Waals surface area contributed by atoms with Crippen molar-refractivity contribution in [3.8, 4) is 0 Å². The zero-order valence-corrected chi connectivity index (χ0v) is 17.2.